The van der Waals surface area contributed by atoms with Gasteiger partial charge < -0.3 is 10.6 Å². The molecule has 1 aromatic rings. The van der Waals surface area contributed by atoms with Crippen LogP contribution in [-0.2, 0) is 0 Å². The lowest BCUT2D eigenvalue weighted by atomic mass is 10.1. The van der Waals surface area contributed by atoms with Crippen molar-refractivity contribution in [3.05, 3.63) is 11.1 Å². The minimum absolute atomic E-state index is 0.366. The van der Waals surface area contributed by atoms with Crippen LogP contribution in [-0.4, -0.2) is 25.6 Å². The van der Waals surface area contributed by atoms with E-state index in [9.17, 15) is 0 Å². The highest BCUT2D eigenvalue weighted by Crippen LogP contribution is 2.64. The van der Waals surface area contributed by atoms with Crippen molar-refractivity contribution < 1.29 is 0 Å². The Bertz CT molecular complexity index is 356. The minimum Gasteiger partial charge on any atom is -0.354 e. The summed E-state index contributed by atoms with van der Waals surface area (Å²) in [6, 6.07) is 0. The van der Waals surface area contributed by atoms with Crippen molar-refractivity contribution >= 4 is 16.5 Å². The molecule has 2 rings (SSSR count). The fourth-order valence-corrected chi connectivity index (χ4v) is 3.58. The molecule has 4 heteroatoms. The first-order chi connectivity index (χ1) is 6.98. The van der Waals surface area contributed by atoms with Gasteiger partial charge in [0.1, 0.15) is 0 Å². The van der Waals surface area contributed by atoms with Crippen LogP contribution in [0, 0.1) is 11.3 Å². The molecule has 0 unspecified atom stereocenters. The van der Waals surface area contributed by atoms with Crippen LogP contribution in [0.1, 0.15) is 24.6 Å². The maximum atomic E-state index is 5.78. The van der Waals surface area contributed by atoms with Crippen molar-refractivity contribution in [1.82, 2.24) is 4.98 Å². The van der Waals surface area contributed by atoms with Crippen molar-refractivity contribution in [3.8, 4) is 0 Å². The van der Waals surface area contributed by atoms with Crippen LogP contribution in [0.2, 0.25) is 0 Å². The van der Waals surface area contributed by atoms with Crippen LogP contribution in [0.3, 0.4) is 0 Å². The molecule has 0 bridgehead atoms. The Morgan fingerprint density at radius 1 is 1.53 bits per heavy atom. The maximum absolute atomic E-state index is 5.78. The van der Waals surface area contributed by atoms with E-state index in [4.69, 9.17) is 5.73 Å². The average Bonchev–Trinajstić information content (AvgIpc) is 2.58. The van der Waals surface area contributed by atoms with Gasteiger partial charge >= 0.3 is 0 Å². The van der Waals surface area contributed by atoms with Gasteiger partial charge in [0.25, 0.3) is 0 Å². The van der Waals surface area contributed by atoms with Crippen LogP contribution in [0.5, 0.6) is 0 Å². The van der Waals surface area contributed by atoms with Gasteiger partial charge in [0, 0.05) is 31.1 Å². The highest BCUT2D eigenvalue weighted by atomic mass is 32.1. The number of thiazole rings is 1. The Labute approximate surface area is 95.3 Å². The third-order valence-electron chi connectivity index (χ3n) is 3.50. The predicted molar refractivity (Wildman–Crippen MR) is 65.5 cm³/mol. The molecule has 0 saturated heterocycles. The summed E-state index contributed by atoms with van der Waals surface area (Å²) in [5, 5.41) is 1.09. The Hall–Kier alpha value is -0.610. The second-order valence-electron chi connectivity index (χ2n) is 5.08. The number of hydrogen-bond acceptors (Lipinski definition) is 4. The number of aromatic nitrogens is 1. The van der Waals surface area contributed by atoms with Gasteiger partial charge in [-0.25, -0.2) is 4.98 Å². The van der Waals surface area contributed by atoms with Gasteiger partial charge in [0.05, 0.1) is 0 Å². The van der Waals surface area contributed by atoms with E-state index in [1.54, 1.807) is 11.3 Å². The lowest BCUT2D eigenvalue weighted by molar-refractivity contribution is 0.559. The average molecular weight is 225 g/mol. The van der Waals surface area contributed by atoms with E-state index in [2.05, 4.69) is 23.7 Å². The smallest absolute Gasteiger partial charge is 0.184 e. The molecule has 0 aliphatic heterocycles. The summed E-state index contributed by atoms with van der Waals surface area (Å²) < 4.78 is 0. The first kappa shape index (κ1) is 10.9. The lowest BCUT2D eigenvalue weighted by Gasteiger charge is -2.05. The quantitative estimate of drug-likeness (QED) is 0.854. The molecule has 15 heavy (non-hydrogen) atoms. The van der Waals surface area contributed by atoms with Crippen LogP contribution in [0.15, 0.2) is 6.20 Å². The first-order valence-corrected chi connectivity index (χ1v) is 6.13. The Morgan fingerprint density at radius 2 is 2.20 bits per heavy atom. The van der Waals surface area contributed by atoms with Gasteiger partial charge in [0.2, 0.25) is 0 Å². The van der Waals surface area contributed by atoms with Crippen molar-refractivity contribution in [1.29, 1.82) is 0 Å². The largest absolute Gasteiger partial charge is 0.354 e. The number of nitrogens with two attached hydrogens (primary N) is 1. The van der Waals surface area contributed by atoms with Crippen LogP contribution in [0.25, 0.3) is 0 Å². The Kier molecular flexibility index (Phi) is 2.51. The number of hydrogen-bond donors (Lipinski definition) is 1. The molecule has 1 aromatic heterocycles. The van der Waals surface area contributed by atoms with Crippen LogP contribution < -0.4 is 10.6 Å². The topological polar surface area (TPSA) is 42.2 Å². The summed E-state index contributed by atoms with van der Waals surface area (Å²) >= 11 is 1.79. The molecule has 1 aliphatic rings. The second kappa shape index (κ2) is 3.46. The zero-order valence-corrected chi connectivity index (χ0v) is 10.6. The van der Waals surface area contributed by atoms with Crippen LogP contribution in [0.4, 0.5) is 5.13 Å². The van der Waals surface area contributed by atoms with Crippen LogP contribution >= 0.6 is 11.3 Å². The highest BCUT2D eigenvalue weighted by Gasteiger charge is 2.58. The molecule has 2 N–H and O–H groups in total. The molecule has 0 spiro atoms. The lowest BCUT2D eigenvalue weighted by Crippen LogP contribution is -2.07. The molecule has 1 aliphatic carbocycles. The maximum Gasteiger partial charge on any atom is 0.184 e. The molecular formula is C11H19N3S. The molecule has 0 amide bonds. The Balaban J connectivity index is 2.18. The molecule has 3 nitrogen and oxygen atoms in total. The number of anilines is 1. The minimum atomic E-state index is 0.366. The van der Waals surface area contributed by atoms with E-state index < -0.39 is 0 Å². The van der Waals surface area contributed by atoms with Crippen molar-refractivity contribution in [2.45, 2.75) is 19.8 Å². The van der Waals surface area contributed by atoms with Gasteiger partial charge in [0.15, 0.2) is 5.13 Å². The van der Waals surface area contributed by atoms with E-state index in [1.807, 2.05) is 20.3 Å². The highest BCUT2D eigenvalue weighted by molar-refractivity contribution is 7.15. The fourth-order valence-electron chi connectivity index (χ4n) is 2.38. The molecule has 0 aromatic carbocycles. The second-order valence-corrected chi connectivity index (χ2v) is 6.12. The molecule has 1 fully saturated rings. The van der Waals surface area contributed by atoms with E-state index in [0.717, 1.165) is 11.7 Å². The zero-order chi connectivity index (χ0) is 11.2. The van der Waals surface area contributed by atoms with E-state index in [1.165, 1.54) is 4.88 Å². The van der Waals surface area contributed by atoms with Gasteiger partial charge in [-0.15, -0.1) is 11.3 Å². The molecule has 1 saturated carbocycles. The monoisotopic (exact) mass is 225 g/mol. The normalized spacial score (nSPS) is 27.8. The Morgan fingerprint density at radius 3 is 2.60 bits per heavy atom. The van der Waals surface area contributed by atoms with Gasteiger partial charge in [-0.1, -0.05) is 13.8 Å². The summed E-state index contributed by atoms with van der Waals surface area (Å²) in [4.78, 5) is 7.86. The fraction of sp³-hybridized carbons (Fsp3) is 0.727. The van der Waals surface area contributed by atoms with Crippen molar-refractivity contribution in [2.75, 3.05) is 25.5 Å². The molecular weight excluding hydrogens is 206 g/mol. The molecule has 84 valence electrons. The SMILES string of the molecule is CN(C)c1ncc([C@H]2[C@H](CN)C2(C)C)s1. The summed E-state index contributed by atoms with van der Waals surface area (Å²) in [6.45, 7) is 5.38. The molecule has 2 atom stereocenters. The summed E-state index contributed by atoms with van der Waals surface area (Å²) in [7, 11) is 4.06. The van der Waals surface area contributed by atoms with E-state index in [0.29, 0.717) is 17.3 Å². The van der Waals surface area contributed by atoms with Crippen molar-refractivity contribution in [2.24, 2.45) is 17.1 Å². The molecule has 0 radical (unpaired) electrons. The van der Waals surface area contributed by atoms with Gasteiger partial charge in [-0.2, -0.15) is 0 Å². The third kappa shape index (κ3) is 1.66. The third-order valence-corrected chi connectivity index (χ3v) is 4.75. The number of nitrogens with zero attached hydrogens (tertiary/aromatic N) is 2. The molecule has 1 heterocycles. The summed E-state index contributed by atoms with van der Waals surface area (Å²) in [6.07, 6.45) is 2.02. The van der Waals surface area contributed by atoms with E-state index >= 15 is 0 Å². The van der Waals surface area contributed by atoms with Crippen molar-refractivity contribution in [3.63, 3.8) is 0 Å². The van der Waals surface area contributed by atoms with Gasteiger partial charge in [-0.3, -0.25) is 0 Å². The number of rotatable bonds is 3. The predicted octanol–water partition coefficient (Wildman–Crippen LogP) is 1.91. The van der Waals surface area contributed by atoms with Gasteiger partial charge in [-0.05, 0) is 17.9 Å². The summed E-state index contributed by atoms with van der Waals surface area (Å²) in [5.41, 5.74) is 6.14. The van der Waals surface area contributed by atoms with E-state index in [-0.39, 0.29) is 0 Å². The standard InChI is InChI=1S/C11H19N3S/c1-11(2)7(5-12)9(11)8-6-13-10(15-8)14(3)4/h6-7,9H,5,12H2,1-4H3/t7-,9+/m0/s1. The first-order valence-electron chi connectivity index (χ1n) is 5.31. The zero-order valence-electron chi connectivity index (χ0n) is 9.82. The summed E-state index contributed by atoms with van der Waals surface area (Å²) in [5.74, 6) is 1.25.